The van der Waals surface area contributed by atoms with Crippen LogP contribution >= 0.6 is 0 Å². The van der Waals surface area contributed by atoms with Crippen LogP contribution < -0.4 is 21.1 Å². The molecule has 10 nitrogen and oxygen atoms in total. The molecule has 0 unspecified atom stereocenters. The van der Waals surface area contributed by atoms with E-state index in [1.54, 1.807) is 6.07 Å². The number of carbonyl (C=O) groups excluding carboxylic acids is 1. The van der Waals surface area contributed by atoms with Crippen molar-refractivity contribution in [3.8, 4) is 5.88 Å². The highest BCUT2D eigenvalue weighted by Gasteiger charge is 2.30. The van der Waals surface area contributed by atoms with Crippen molar-refractivity contribution in [3.05, 3.63) is 40.8 Å². The normalized spacial score (nSPS) is 15.7. The summed E-state index contributed by atoms with van der Waals surface area (Å²) < 4.78 is 23.4. The second-order valence-corrected chi connectivity index (χ2v) is 5.60. The second kappa shape index (κ2) is 7.68. The summed E-state index contributed by atoms with van der Waals surface area (Å²) in [5.41, 5.74) is 6.83. The quantitative estimate of drug-likeness (QED) is 0.185. The van der Waals surface area contributed by atoms with E-state index in [0.29, 0.717) is 19.4 Å². The van der Waals surface area contributed by atoms with Crippen molar-refractivity contribution in [2.24, 2.45) is 10.9 Å². The minimum Gasteiger partial charge on any atom is -0.474 e. The van der Waals surface area contributed by atoms with Gasteiger partial charge in [0.05, 0.1) is 12.6 Å². The van der Waals surface area contributed by atoms with Gasteiger partial charge < -0.3 is 26.3 Å². The molecule has 0 saturated carbocycles. The maximum Gasteiger partial charge on any atom is 0.312 e. The number of fused-ring (bicyclic) bond motifs is 1. The molecule has 0 bridgehead atoms. The third-order valence-electron chi connectivity index (χ3n) is 3.86. The lowest BCUT2D eigenvalue weighted by atomic mass is 9.83. The lowest BCUT2D eigenvalue weighted by Crippen LogP contribution is -2.36. The number of rotatable bonds is 7. The van der Waals surface area contributed by atoms with Gasteiger partial charge in [0.1, 0.15) is 5.82 Å². The van der Waals surface area contributed by atoms with E-state index in [-0.39, 0.29) is 35.9 Å². The van der Waals surface area contributed by atoms with E-state index in [1.165, 1.54) is 12.1 Å². The second-order valence-electron chi connectivity index (χ2n) is 5.60. The van der Waals surface area contributed by atoms with Gasteiger partial charge in [0.2, 0.25) is 11.5 Å². The molecule has 0 fully saturated rings. The van der Waals surface area contributed by atoms with E-state index in [1.807, 2.05) is 0 Å². The summed E-state index contributed by atoms with van der Waals surface area (Å²) in [5, 5.41) is 25.1. The summed E-state index contributed by atoms with van der Waals surface area (Å²) in [6.45, 7) is 0.539. The van der Waals surface area contributed by atoms with Crippen LogP contribution in [-0.2, 0) is 6.42 Å². The minimum atomic E-state index is -0.620. The number of amidine groups is 1. The van der Waals surface area contributed by atoms with Gasteiger partial charge in [-0.15, -0.1) is 0 Å². The molecule has 1 aromatic heterocycles. The molecule has 138 valence electrons. The molecule has 5 N–H and O–H groups in total. The van der Waals surface area contributed by atoms with Crippen molar-refractivity contribution in [2.75, 3.05) is 13.2 Å². The van der Waals surface area contributed by atoms with Gasteiger partial charge in [-0.25, -0.2) is 13.8 Å². The number of benzene rings is 1. The van der Waals surface area contributed by atoms with Gasteiger partial charge in [-0.3, -0.25) is 0 Å². The van der Waals surface area contributed by atoms with Crippen LogP contribution in [0.25, 0.3) is 0 Å². The molecule has 26 heavy (non-hydrogen) atoms. The zero-order valence-corrected chi connectivity index (χ0v) is 13.6. The van der Waals surface area contributed by atoms with E-state index in [4.69, 9.17) is 10.5 Å². The standard InChI is InChI=1S/C15H17FN6O4/c16-9-3-2-8-6-11(10(8)7-9)19-13(20-24)12-14(22-26-21-12)25-5-1-4-18-15(17)23/h2-3,7,11,24H,1,4-6H2,(H,19,20)(H3,17,18,23)/t11-/m0/s1. The molecular formula is C15H17FN6O4. The molecule has 1 atom stereocenters. The first-order valence-electron chi connectivity index (χ1n) is 7.84. The molecule has 2 aromatic rings. The number of nitrogens with zero attached hydrogens (tertiary/aromatic N) is 3. The van der Waals surface area contributed by atoms with E-state index >= 15 is 0 Å². The zero-order valence-electron chi connectivity index (χ0n) is 13.6. The summed E-state index contributed by atoms with van der Waals surface area (Å²) in [6.07, 6.45) is 1.12. The third-order valence-corrected chi connectivity index (χ3v) is 3.86. The number of urea groups is 1. The largest absolute Gasteiger partial charge is 0.474 e. The van der Waals surface area contributed by atoms with Gasteiger partial charge in [-0.05, 0) is 46.4 Å². The Morgan fingerprint density at radius 2 is 2.35 bits per heavy atom. The summed E-state index contributed by atoms with van der Waals surface area (Å²) in [6, 6.07) is 3.69. The summed E-state index contributed by atoms with van der Waals surface area (Å²) >= 11 is 0. The summed E-state index contributed by atoms with van der Waals surface area (Å²) in [5.74, 6) is -0.311. The third kappa shape index (κ3) is 3.82. The lowest BCUT2D eigenvalue weighted by Gasteiger charge is -2.31. The number of nitrogens with two attached hydrogens (primary N) is 1. The molecule has 0 spiro atoms. The van der Waals surface area contributed by atoms with Crippen molar-refractivity contribution in [2.45, 2.75) is 18.9 Å². The van der Waals surface area contributed by atoms with E-state index in [2.05, 4.69) is 30.7 Å². The van der Waals surface area contributed by atoms with Gasteiger partial charge in [-0.1, -0.05) is 11.2 Å². The number of amides is 2. The first-order chi connectivity index (χ1) is 12.6. The highest BCUT2D eigenvalue weighted by molar-refractivity contribution is 5.98. The van der Waals surface area contributed by atoms with Crippen molar-refractivity contribution in [3.63, 3.8) is 0 Å². The van der Waals surface area contributed by atoms with Crippen LogP contribution in [0.5, 0.6) is 5.88 Å². The van der Waals surface area contributed by atoms with Crippen LogP contribution in [0.1, 0.15) is 29.3 Å². The highest BCUT2D eigenvalue weighted by Crippen LogP contribution is 2.33. The van der Waals surface area contributed by atoms with Crippen LogP contribution in [0.3, 0.4) is 0 Å². The first-order valence-corrected chi connectivity index (χ1v) is 7.84. The Kier molecular flexibility index (Phi) is 5.15. The topological polar surface area (TPSA) is 148 Å². The fourth-order valence-corrected chi connectivity index (χ4v) is 2.59. The summed E-state index contributed by atoms with van der Waals surface area (Å²) in [7, 11) is 0. The number of carbonyl (C=O) groups is 1. The monoisotopic (exact) mass is 364 g/mol. The molecule has 2 amide bonds. The highest BCUT2D eigenvalue weighted by atomic mass is 19.1. The van der Waals surface area contributed by atoms with Gasteiger partial charge in [0.25, 0.3) is 5.88 Å². The summed E-state index contributed by atoms with van der Waals surface area (Å²) in [4.78, 5) is 10.6. The minimum absolute atomic E-state index is 0.00331. The number of hydrogen-bond donors (Lipinski definition) is 4. The molecule has 1 aliphatic carbocycles. The molecule has 1 aliphatic rings. The number of oxime groups is 1. The molecule has 0 saturated heterocycles. The van der Waals surface area contributed by atoms with E-state index in [0.717, 1.165) is 11.1 Å². The predicted molar refractivity (Wildman–Crippen MR) is 86.3 cm³/mol. The Morgan fingerprint density at radius 1 is 1.50 bits per heavy atom. The van der Waals surface area contributed by atoms with E-state index in [9.17, 15) is 14.4 Å². The molecule has 0 radical (unpaired) electrons. The predicted octanol–water partition coefficient (Wildman–Crippen LogP) is 0.669. The van der Waals surface area contributed by atoms with Crippen LogP contribution in [0, 0.1) is 5.82 Å². The molecule has 1 heterocycles. The average molecular weight is 364 g/mol. The van der Waals surface area contributed by atoms with Crippen molar-refractivity contribution < 1.29 is 23.8 Å². The fraction of sp³-hybridized carbons (Fsp3) is 0.333. The molecule has 0 aliphatic heterocycles. The van der Waals surface area contributed by atoms with Crippen LogP contribution in [0.2, 0.25) is 0 Å². The van der Waals surface area contributed by atoms with Crippen molar-refractivity contribution in [1.29, 1.82) is 0 Å². The molecular weight excluding hydrogens is 347 g/mol. The Hall–Kier alpha value is -3.37. The van der Waals surface area contributed by atoms with Crippen molar-refractivity contribution in [1.82, 2.24) is 20.9 Å². The maximum atomic E-state index is 13.4. The lowest BCUT2D eigenvalue weighted by molar-refractivity contribution is 0.242. The van der Waals surface area contributed by atoms with E-state index < -0.39 is 6.03 Å². The Morgan fingerprint density at radius 3 is 3.12 bits per heavy atom. The van der Waals surface area contributed by atoms with Crippen LogP contribution in [-0.4, -0.2) is 40.5 Å². The molecule has 1 aromatic carbocycles. The van der Waals surface area contributed by atoms with Crippen LogP contribution in [0.4, 0.5) is 9.18 Å². The van der Waals surface area contributed by atoms with Gasteiger partial charge in [0, 0.05) is 6.54 Å². The Bertz CT molecular complexity index is 824. The van der Waals surface area contributed by atoms with Crippen molar-refractivity contribution >= 4 is 11.9 Å². The Balaban J connectivity index is 1.59. The number of ether oxygens (including phenoxy) is 1. The number of hydrogen-bond acceptors (Lipinski definition) is 7. The smallest absolute Gasteiger partial charge is 0.312 e. The molecule has 3 rings (SSSR count). The van der Waals surface area contributed by atoms with Gasteiger partial charge in [-0.2, -0.15) is 0 Å². The average Bonchev–Trinajstić information content (AvgIpc) is 3.05. The maximum absolute atomic E-state index is 13.4. The fourth-order valence-electron chi connectivity index (χ4n) is 2.59. The SMILES string of the molecule is NC(=O)NCCCOc1nonc1/C(=N/O)N[C@H]1Cc2ccc(F)cc21. The zero-order chi connectivity index (χ0) is 18.5. The number of halogens is 1. The number of primary amides is 1. The number of nitrogens with one attached hydrogen (secondary N) is 2. The first kappa shape index (κ1) is 17.5. The van der Waals surface area contributed by atoms with Gasteiger partial charge in [0.15, 0.2) is 0 Å². The molecule has 11 heteroatoms. The van der Waals surface area contributed by atoms with Gasteiger partial charge >= 0.3 is 6.03 Å². The number of aromatic nitrogens is 2. The van der Waals surface area contributed by atoms with Crippen LogP contribution in [0.15, 0.2) is 28.0 Å². The Labute approximate surface area is 147 Å².